The zero-order chi connectivity index (χ0) is 14.5. The van der Waals surface area contributed by atoms with Crippen molar-refractivity contribution < 1.29 is 18.0 Å². The highest BCUT2D eigenvalue weighted by atomic mass is 35.5. The van der Waals surface area contributed by atoms with Gasteiger partial charge in [0.05, 0.1) is 4.90 Å². The summed E-state index contributed by atoms with van der Waals surface area (Å²) in [4.78, 5) is 22.2. The van der Waals surface area contributed by atoms with Crippen molar-refractivity contribution in [1.82, 2.24) is 10.6 Å². The zero-order valence-corrected chi connectivity index (χ0v) is 11.7. The Labute approximate surface area is 116 Å². The average Bonchev–Trinajstić information content (AvgIpc) is 2.35. The fourth-order valence-corrected chi connectivity index (χ4v) is 1.94. The van der Waals surface area contributed by atoms with Crippen molar-refractivity contribution in [2.24, 2.45) is 0 Å². The smallest absolute Gasteiger partial charge is 0.321 e. The van der Waals surface area contributed by atoms with Crippen LogP contribution in [0.3, 0.4) is 0 Å². The standard InChI is InChI=1S/C11H13ClN2O4S/c1-19(17,18)9-4-2-8(3-5-9)7-13-11(16)14-10(15)6-12/h2-5H,6-7H2,1H3,(H2,13,14,15,16). The van der Waals surface area contributed by atoms with Crippen LogP contribution in [0.2, 0.25) is 0 Å². The van der Waals surface area contributed by atoms with Crippen LogP contribution in [0.4, 0.5) is 4.79 Å². The lowest BCUT2D eigenvalue weighted by atomic mass is 10.2. The van der Waals surface area contributed by atoms with Crippen LogP contribution in [0.1, 0.15) is 5.56 Å². The van der Waals surface area contributed by atoms with E-state index in [2.05, 4.69) is 5.32 Å². The Bertz CT molecular complexity index is 569. The van der Waals surface area contributed by atoms with Crippen molar-refractivity contribution in [3.8, 4) is 0 Å². The molecule has 3 amide bonds. The summed E-state index contributed by atoms with van der Waals surface area (Å²) >= 11 is 5.22. The maximum atomic E-state index is 11.2. The number of urea groups is 1. The lowest BCUT2D eigenvalue weighted by molar-refractivity contribution is -0.117. The van der Waals surface area contributed by atoms with Gasteiger partial charge in [0.15, 0.2) is 9.84 Å². The van der Waals surface area contributed by atoms with Gasteiger partial charge >= 0.3 is 6.03 Å². The van der Waals surface area contributed by atoms with E-state index in [-0.39, 0.29) is 17.3 Å². The first kappa shape index (κ1) is 15.5. The molecular formula is C11H13ClN2O4S. The molecule has 19 heavy (non-hydrogen) atoms. The summed E-state index contributed by atoms with van der Waals surface area (Å²) in [6.45, 7) is 0.172. The van der Waals surface area contributed by atoms with Crippen LogP contribution in [0.15, 0.2) is 29.2 Å². The molecule has 104 valence electrons. The first-order valence-electron chi connectivity index (χ1n) is 5.25. The van der Waals surface area contributed by atoms with Gasteiger partial charge in [-0.2, -0.15) is 0 Å². The summed E-state index contributed by atoms with van der Waals surface area (Å²) in [5, 5.41) is 4.46. The fraction of sp³-hybridized carbons (Fsp3) is 0.273. The minimum Gasteiger partial charge on any atom is -0.334 e. The molecule has 0 radical (unpaired) electrons. The van der Waals surface area contributed by atoms with E-state index in [1.54, 1.807) is 12.1 Å². The quantitative estimate of drug-likeness (QED) is 0.799. The molecule has 0 aliphatic heterocycles. The number of carbonyl (C=O) groups excluding carboxylic acids is 2. The molecule has 0 aliphatic carbocycles. The fourth-order valence-electron chi connectivity index (χ4n) is 1.24. The molecule has 0 saturated heterocycles. The summed E-state index contributed by atoms with van der Waals surface area (Å²) in [6.07, 6.45) is 1.12. The number of sulfone groups is 1. The van der Waals surface area contributed by atoms with Crippen LogP contribution in [0.5, 0.6) is 0 Å². The molecule has 0 bridgehead atoms. The van der Waals surface area contributed by atoms with Crippen LogP contribution >= 0.6 is 11.6 Å². The normalized spacial score (nSPS) is 10.8. The van der Waals surface area contributed by atoms with Gasteiger partial charge in [-0.15, -0.1) is 11.6 Å². The van der Waals surface area contributed by atoms with Gasteiger partial charge < -0.3 is 5.32 Å². The number of nitrogens with one attached hydrogen (secondary N) is 2. The number of carbonyl (C=O) groups is 2. The highest BCUT2D eigenvalue weighted by Gasteiger charge is 2.08. The van der Waals surface area contributed by atoms with Crippen molar-refractivity contribution >= 4 is 33.4 Å². The molecule has 8 heteroatoms. The van der Waals surface area contributed by atoms with Gasteiger partial charge in [0.1, 0.15) is 5.88 Å². The van der Waals surface area contributed by atoms with Gasteiger partial charge in [-0.05, 0) is 17.7 Å². The molecular weight excluding hydrogens is 292 g/mol. The maximum Gasteiger partial charge on any atom is 0.321 e. The number of amides is 3. The first-order chi connectivity index (χ1) is 8.82. The molecule has 0 fully saturated rings. The average molecular weight is 305 g/mol. The summed E-state index contributed by atoms with van der Waals surface area (Å²) < 4.78 is 22.5. The highest BCUT2D eigenvalue weighted by molar-refractivity contribution is 7.90. The number of imide groups is 1. The summed E-state index contributed by atoms with van der Waals surface area (Å²) in [5.74, 6) is -0.886. The van der Waals surface area contributed by atoms with Crippen molar-refractivity contribution in [2.75, 3.05) is 12.1 Å². The maximum absolute atomic E-state index is 11.2. The van der Waals surface area contributed by atoms with E-state index in [1.165, 1.54) is 12.1 Å². The Morgan fingerprint density at radius 1 is 1.21 bits per heavy atom. The molecule has 0 atom stereocenters. The number of alkyl halides is 1. The molecule has 0 spiro atoms. The summed E-state index contributed by atoms with van der Waals surface area (Å²) in [7, 11) is -3.23. The van der Waals surface area contributed by atoms with Crippen LogP contribution in [-0.2, 0) is 21.2 Å². The minimum absolute atomic E-state index is 0.172. The Morgan fingerprint density at radius 3 is 2.26 bits per heavy atom. The van der Waals surface area contributed by atoms with E-state index in [0.29, 0.717) is 5.56 Å². The van der Waals surface area contributed by atoms with Crippen LogP contribution in [-0.4, -0.2) is 32.5 Å². The topological polar surface area (TPSA) is 92.3 Å². The third kappa shape index (κ3) is 5.27. The summed E-state index contributed by atoms with van der Waals surface area (Å²) in [5.41, 5.74) is 0.709. The SMILES string of the molecule is CS(=O)(=O)c1ccc(CNC(=O)NC(=O)CCl)cc1. The number of hydrogen-bond acceptors (Lipinski definition) is 4. The number of rotatable bonds is 4. The van der Waals surface area contributed by atoms with E-state index in [1.807, 2.05) is 5.32 Å². The van der Waals surface area contributed by atoms with Gasteiger partial charge in [-0.1, -0.05) is 12.1 Å². The second kappa shape index (κ2) is 6.53. The molecule has 1 rings (SSSR count). The molecule has 0 heterocycles. The highest BCUT2D eigenvalue weighted by Crippen LogP contribution is 2.09. The first-order valence-corrected chi connectivity index (χ1v) is 7.68. The molecule has 0 aliphatic rings. The largest absolute Gasteiger partial charge is 0.334 e. The van der Waals surface area contributed by atoms with Gasteiger partial charge in [0.25, 0.3) is 0 Å². The van der Waals surface area contributed by atoms with E-state index >= 15 is 0 Å². The predicted octanol–water partition coefficient (Wildman–Crippen LogP) is 0.655. The van der Waals surface area contributed by atoms with E-state index in [0.717, 1.165) is 6.26 Å². The van der Waals surface area contributed by atoms with Crippen LogP contribution in [0, 0.1) is 0 Å². The Morgan fingerprint density at radius 2 is 1.79 bits per heavy atom. The van der Waals surface area contributed by atoms with Crippen LogP contribution in [0.25, 0.3) is 0 Å². The second-order valence-corrected chi connectivity index (χ2v) is 6.06. The minimum atomic E-state index is -3.23. The third-order valence-corrected chi connectivity index (χ3v) is 3.55. The Hall–Kier alpha value is -1.60. The number of halogens is 1. The van der Waals surface area contributed by atoms with Gasteiger partial charge in [0, 0.05) is 12.8 Å². The Balaban J connectivity index is 2.55. The third-order valence-electron chi connectivity index (χ3n) is 2.18. The molecule has 0 unspecified atom stereocenters. The van der Waals surface area contributed by atoms with Crippen molar-refractivity contribution in [3.05, 3.63) is 29.8 Å². The van der Waals surface area contributed by atoms with E-state index in [4.69, 9.17) is 11.6 Å². The van der Waals surface area contributed by atoms with Crippen LogP contribution < -0.4 is 10.6 Å². The van der Waals surface area contributed by atoms with E-state index < -0.39 is 21.8 Å². The Kier molecular flexibility index (Phi) is 5.31. The second-order valence-electron chi connectivity index (χ2n) is 3.78. The molecule has 1 aromatic carbocycles. The molecule has 0 saturated carbocycles. The molecule has 2 N–H and O–H groups in total. The number of hydrogen-bond donors (Lipinski definition) is 2. The lowest BCUT2D eigenvalue weighted by Crippen LogP contribution is -2.39. The van der Waals surface area contributed by atoms with Gasteiger partial charge in [0.2, 0.25) is 5.91 Å². The van der Waals surface area contributed by atoms with Crippen molar-refractivity contribution in [2.45, 2.75) is 11.4 Å². The van der Waals surface area contributed by atoms with Crippen molar-refractivity contribution in [1.29, 1.82) is 0 Å². The zero-order valence-electron chi connectivity index (χ0n) is 10.1. The molecule has 6 nitrogen and oxygen atoms in total. The monoisotopic (exact) mass is 304 g/mol. The summed E-state index contributed by atoms with van der Waals surface area (Å²) in [6, 6.07) is 5.42. The van der Waals surface area contributed by atoms with Gasteiger partial charge in [-0.25, -0.2) is 13.2 Å². The predicted molar refractivity (Wildman–Crippen MR) is 70.7 cm³/mol. The molecule has 1 aromatic rings. The molecule has 0 aromatic heterocycles. The lowest BCUT2D eigenvalue weighted by Gasteiger charge is -2.06. The van der Waals surface area contributed by atoms with E-state index in [9.17, 15) is 18.0 Å². The number of benzene rings is 1. The van der Waals surface area contributed by atoms with Gasteiger partial charge in [-0.3, -0.25) is 10.1 Å². The van der Waals surface area contributed by atoms with Crippen molar-refractivity contribution in [3.63, 3.8) is 0 Å².